The molecular weight excluding hydrogens is 342 g/mol. The summed E-state index contributed by atoms with van der Waals surface area (Å²) in [5.74, 6) is 0.955. The van der Waals surface area contributed by atoms with Crippen molar-refractivity contribution in [3.8, 4) is 5.75 Å². The smallest absolute Gasteiger partial charge is 0.171 e. The van der Waals surface area contributed by atoms with Gasteiger partial charge in [-0.25, -0.2) is 0 Å². The van der Waals surface area contributed by atoms with Crippen molar-refractivity contribution in [2.75, 3.05) is 32.1 Å². The number of para-hydroxylation sites is 1. The van der Waals surface area contributed by atoms with Gasteiger partial charge in [-0.15, -0.1) is 0 Å². The lowest BCUT2D eigenvalue weighted by molar-refractivity contribution is -0.918. The van der Waals surface area contributed by atoms with Crippen LogP contribution in [0.1, 0.15) is 30.0 Å². The quantitative estimate of drug-likeness (QED) is 0.684. The van der Waals surface area contributed by atoms with Crippen LogP contribution in [0.15, 0.2) is 48.5 Å². The van der Waals surface area contributed by atoms with E-state index in [0.717, 1.165) is 18.0 Å². The molecule has 1 atom stereocenters. The second kappa shape index (κ2) is 9.01. The third kappa shape index (κ3) is 4.74. The number of nitrogens with one attached hydrogen (secondary N) is 3. The van der Waals surface area contributed by atoms with Gasteiger partial charge in [0.25, 0.3) is 0 Å². The topological polar surface area (TPSA) is 37.7 Å². The highest BCUT2D eigenvalue weighted by Crippen LogP contribution is 2.23. The fourth-order valence-corrected chi connectivity index (χ4v) is 3.90. The molecule has 1 heterocycles. The number of methoxy groups -OCH3 is 1. The molecule has 2 aromatic carbocycles. The minimum Gasteiger partial charge on any atom is -0.496 e. The average Bonchev–Trinajstić information content (AvgIpc) is 3.17. The van der Waals surface area contributed by atoms with Gasteiger partial charge in [0.05, 0.1) is 32.3 Å². The number of ether oxygens (including phenoxy) is 1. The van der Waals surface area contributed by atoms with Gasteiger partial charge >= 0.3 is 0 Å². The SMILES string of the molecule is COc1ccccc1[C@@H](CNC(=S)Nc1cccc(C)c1)[NH+]1CCCC1. The number of benzene rings is 2. The third-order valence-corrected chi connectivity index (χ3v) is 5.24. The molecule has 0 spiro atoms. The van der Waals surface area contributed by atoms with E-state index in [2.05, 4.69) is 41.8 Å². The first kappa shape index (κ1) is 18.7. The maximum Gasteiger partial charge on any atom is 0.171 e. The van der Waals surface area contributed by atoms with E-state index in [9.17, 15) is 0 Å². The predicted molar refractivity (Wildman–Crippen MR) is 111 cm³/mol. The molecule has 138 valence electrons. The Morgan fingerprint density at radius 1 is 1.15 bits per heavy atom. The molecule has 0 aliphatic carbocycles. The van der Waals surface area contributed by atoms with Crippen LogP contribution in [-0.4, -0.2) is 31.9 Å². The van der Waals surface area contributed by atoms with Gasteiger partial charge in [-0.3, -0.25) is 0 Å². The van der Waals surface area contributed by atoms with Gasteiger partial charge in [-0.05, 0) is 49.0 Å². The Morgan fingerprint density at radius 2 is 1.92 bits per heavy atom. The van der Waals surface area contributed by atoms with Crippen molar-refractivity contribution < 1.29 is 9.64 Å². The second-order valence-corrected chi connectivity index (χ2v) is 7.27. The standard InChI is InChI=1S/C21H27N3OS/c1-16-8-7-9-17(14-16)23-21(26)22-15-19(24-12-5-6-13-24)18-10-3-4-11-20(18)25-2/h3-4,7-11,14,19H,5-6,12-13,15H2,1-2H3,(H2,22,23,26)/p+1/t19-/m1/s1. The number of hydrogen-bond acceptors (Lipinski definition) is 2. The van der Waals surface area contributed by atoms with E-state index in [0.29, 0.717) is 11.2 Å². The second-order valence-electron chi connectivity index (χ2n) is 6.86. The monoisotopic (exact) mass is 370 g/mol. The highest BCUT2D eigenvalue weighted by atomic mass is 32.1. The summed E-state index contributed by atoms with van der Waals surface area (Å²) in [6.45, 7) is 5.26. The maximum absolute atomic E-state index is 5.61. The largest absolute Gasteiger partial charge is 0.496 e. The van der Waals surface area contributed by atoms with Gasteiger partial charge in [-0.1, -0.05) is 24.3 Å². The van der Waals surface area contributed by atoms with Crippen LogP contribution in [0.5, 0.6) is 5.75 Å². The number of quaternary nitrogens is 1. The van der Waals surface area contributed by atoms with Gasteiger partial charge in [0.2, 0.25) is 0 Å². The molecule has 0 amide bonds. The lowest BCUT2D eigenvalue weighted by Crippen LogP contribution is -3.11. The van der Waals surface area contributed by atoms with Crippen LogP contribution in [0, 0.1) is 6.92 Å². The first-order valence-corrected chi connectivity index (χ1v) is 9.67. The molecule has 1 saturated heterocycles. The van der Waals surface area contributed by atoms with Crippen LogP contribution < -0.4 is 20.3 Å². The van der Waals surface area contributed by atoms with E-state index < -0.39 is 0 Å². The number of rotatable bonds is 6. The lowest BCUT2D eigenvalue weighted by Gasteiger charge is -2.27. The van der Waals surface area contributed by atoms with Gasteiger partial charge in [0, 0.05) is 18.5 Å². The van der Waals surface area contributed by atoms with Gasteiger partial charge in [0.1, 0.15) is 11.8 Å². The molecule has 4 nitrogen and oxygen atoms in total. The van der Waals surface area contributed by atoms with Gasteiger partial charge in [-0.2, -0.15) is 0 Å². The average molecular weight is 371 g/mol. The molecule has 0 radical (unpaired) electrons. The van der Waals surface area contributed by atoms with E-state index in [1.54, 1.807) is 12.0 Å². The molecule has 5 heteroatoms. The van der Waals surface area contributed by atoms with E-state index in [1.165, 1.54) is 37.1 Å². The van der Waals surface area contributed by atoms with E-state index >= 15 is 0 Å². The van der Waals surface area contributed by atoms with Crippen molar-refractivity contribution in [3.63, 3.8) is 0 Å². The predicted octanol–water partition coefficient (Wildman–Crippen LogP) is 2.71. The summed E-state index contributed by atoms with van der Waals surface area (Å²) >= 11 is 5.52. The molecule has 3 N–H and O–H groups in total. The summed E-state index contributed by atoms with van der Waals surface area (Å²) < 4.78 is 5.61. The van der Waals surface area contributed by atoms with Gasteiger partial charge in [0.15, 0.2) is 5.11 Å². The highest BCUT2D eigenvalue weighted by Gasteiger charge is 2.29. The maximum atomic E-state index is 5.61. The highest BCUT2D eigenvalue weighted by molar-refractivity contribution is 7.80. The number of hydrogen-bond donors (Lipinski definition) is 3. The number of anilines is 1. The van der Waals surface area contributed by atoms with Crippen LogP contribution in [0.3, 0.4) is 0 Å². The van der Waals surface area contributed by atoms with Crippen molar-refractivity contribution in [1.29, 1.82) is 0 Å². The van der Waals surface area contributed by atoms with E-state index in [-0.39, 0.29) is 0 Å². The van der Waals surface area contributed by atoms with Crippen molar-refractivity contribution in [1.82, 2.24) is 5.32 Å². The lowest BCUT2D eigenvalue weighted by atomic mass is 10.0. The van der Waals surface area contributed by atoms with Crippen LogP contribution in [0.4, 0.5) is 5.69 Å². The number of likely N-dealkylation sites (tertiary alicyclic amines) is 1. The minimum atomic E-state index is 0.325. The molecule has 1 fully saturated rings. The Hall–Kier alpha value is -2.11. The summed E-state index contributed by atoms with van der Waals surface area (Å²) in [5.41, 5.74) is 3.48. The first-order valence-electron chi connectivity index (χ1n) is 9.26. The Kier molecular flexibility index (Phi) is 6.47. The van der Waals surface area contributed by atoms with Gasteiger partial charge < -0.3 is 20.3 Å². The molecule has 0 unspecified atom stereocenters. The molecule has 1 aliphatic heterocycles. The molecule has 26 heavy (non-hydrogen) atoms. The van der Waals surface area contributed by atoms with Crippen molar-refractivity contribution in [2.45, 2.75) is 25.8 Å². The molecular formula is C21H28N3OS+. The number of aryl methyl sites for hydroxylation is 1. The Balaban J connectivity index is 1.69. The summed E-state index contributed by atoms with van der Waals surface area (Å²) in [7, 11) is 1.74. The molecule has 2 aromatic rings. The Morgan fingerprint density at radius 3 is 2.65 bits per heavy atom. The summed E-state index contributed by atoms with van der Waals surface area (Å²) in [6, 6.07) is 16.9. The first-order chi connectivity index (χ1) is 12.7. The van der Waals surface area contributed by atoms with Crippen LogP contribution in [0.2, 0.25) is 0 Å². The fraction of sp³-hybridized carbons (Fsp3) is 0.381. The Bertz CT molecular complexity index is 744. The summed E-state index contributed by atoms with van der Waals surface area (Å²) in [4.78, 5) is 1.60. The third-order valence-electron chi connectivity index (χ3n) is 5.00. The zero-order chi connectivity index (χ0) is 18.4. The van der Waals surface area contributed by atoms with Crippen LogP contribution in [-0.2, 0) is 0 Å². The normalized spacial score (nSPS) is 15.5. The number of thiocarbonyl (C=S) groups is 1. The molecule has 0 bridgehead atoms. The molecule has 3 rings (SSSR count). The van der Waals surface area contributed by atoms with Crippen LogP contribution in [0.25, 0.3) is 0 Å². The zero-order valence-corrected chi connectivity index (χ0v) is 16.4. The molecule has 1 aliphatic rings. The minimum absolute atomic E-state index is 0.325. The molecule has 0 aromatic heterocycles. The Labute approximate surface area is 161 Å². The van der Waals surface area contributed by atoms with Crippen molar-refractivity contribution in [3.05, 3.63) is 59.7 Å². The summed E-state index contributed by atoms with van der Waals surface area (Å²) in [6.07, 6.45) is 2.57. The molecule has 0 saturated carbocycles. The summed E-state index contributed by atoms with van der Waals surface area (Å²) in [5, 5.41) is 7.37. The van der Waals surface area contributed by atoms with Crippen LogP contribution >= 0.6 is 12.2 Å². The van der Waals surface area contributed by atoms with E-state index in [4.69, 9.17) is 17.0 Å². The van der Waals surface area contributed by atoms with E-state index in [1.807, 2.05) is 24.3 Å². The fourth-order valence-electron chi connectivity index (χ4n) is 3.70. The zero-order valence-electron chi connectivity index (χ0n) is 15.5. The van der Waals surface area contributed by atoms with Crippen molar-refractivity contribution in [2.24, 2.45) is 0 Å². The van der Waals surface area contributed by atoms with Crippen molar-refractivity contribution >= 4 is 23.0 Å².